The maximum atomic E-state index is 13.9. The van der Waals surface area contributed by atoms with E-state index in [0.717, 1.165) is 22.3 Å². The van der Waals surface area contributed by atoms with E-state index in [2.05, 4.69) is 21.0 Å². The van der Waals surface area contributed by atoms with Crippen LogP contribution in [0.5, 0.6) is 5.75 Å². The molecule has 0 unspecified atom stereocenters. The zero-order valence-electron chi connectivity index (χ0n) is 11.7. The summed E-state index contributed by atoms with van der Waals surface area (Å²) in [4.78, 5) is 0.155. The maximum Gasteiger partial charge on any atom is 0.165 e. The Morgan fingerprint density at radius 2 is 2.24 bits per heavy atom. The van der Waals surface area contributed by atoms with Crippen molar-refractivity contribution in [2.24, 2.45) is 12.8 Å². The van der Waals surface area contributed by atoms with E-state index in [9.17, 15) is 4.39 Å². The molecule has 0 amide bonds. The molecule has 0 radical (unpaired) electrons. The van der Waals surface area contributed by atoms with E-state index in [0.29, 0.717) is 5.56 Å². The molecule has 2 rings (SSSR count). The predicted molar refractivity (Wildman–Crippen MR) is 86.9 cm³/mol. The molecule has 7 heteroatoms. The van der Waals surface area contributed by atoms with E-state index in [1.165, 1.54) is 12.1 Å². The Kier molecular flexibility index (Phi) is 4.95. The molecule has 0 aliphatic rings. The molecule has 1 aromatic carbocycles. The van der Waals surface area contributed by atoms with Gasteiger partial charge in [-0.25, -0.2) is 4.39 Å². The average Bonchev–Trinajstić information content (AvgIpc) is 2.72. The molecule has 1 aromatic heterocycles. The van der Waals surface area contributed by atoms with Crippen molar-refractivity contribution in [1.29, 1.82) is 0 Å². The third-order valence-corrected chi connectivity index (χ3v) is 4.23. The summed E-state index contributed by atoms with van der Waals surface area (Å²) in [5.74, 6) is -0.338. The lowest BCUT2D eigenvalue weighted by atomic mass is 10.2. The third-order valence-electron chi connectivity index (χ3n) is 3.08. The minimum Gasteiger partial charge on any atom is -0.484 e. The molecule has 4 nitrogen and oxygen atoms in total. The molecule has 0 aliphatic carbocycles. The molecular formula is C14H15BrFN3OS. The van der Waals surface area contributed by atoms with Gasteiger partial charge in [0.1, 0.15) is 11.6 Å². The van der Waals surface area contributed by atoms with E-state index in [4.69, 9.17) is 22.7 Å². The summed E-state index contributed by atoms with van der Waals surface area (Å²) in [5.41, 5.74) is 7.73. The number of nitrogens with two attached hydrogens (primary N) is 1. The summed E-state index contributed by atoms with van der Waals surface area (Å²) in [5, 5.41) is 4.36. The van der Waals surface area contributed by atoms with Crippen molar-refractivity contribution >= 4 is 33.1 Å². The van der Waals surface area contributed by atoms with Crippen LogP contribution in [0.3, 0.4) is 0 Å². The van der Waals surface area contributed by atoms with Gasteiger partial charge in [-0.1, -0.05) is 19.1 Å². The number of halogens is 2. The molecule has 112 valence electrons. The zero-order chi connectivity index (χ0) is 15.6. The van der Waals surface area contributed by atoms with Gasteiger partial charge in [0.05, 0.1) is 15.9 Å². The van der Waals surface area contributed by atoms with Gasteiger partial charge in [0.15, 0.2) is 11.6 Å². The number of ether oxygens (including phenoxy) is 1. The molecular weight excluding hydrogens is 357 g/mol. The van der Waals surface area contributed by atoms with Gasteiger partial charge >= 0.3 is 0 Å². The summed E-state index contributed by atoms with van der Waals surface area (Å²) in [6.07, 6.45) is 0.811. The van der Waals surface area contributed by atoms with E-state index >= 15 is 0 Å². The Bertz CT molecular complexity index is 687. The van der Waals surface area contributed by atoms with Gasteiger partial charge in [-0.15, -0.1) is 0 Å². The summed E-state index contributed by atoms with van der Waals surface area (Å²) in [6, 6.07) is 4.43. The van der Waals surface area contributed by atoms with Crippen LogP contribution in [-0.4, -0.2) is 14.8 Å². The lowest BCUT2D eigenvalue weighted by Gasteiger charge is -2.09. The summed E-state index contributed by atoms with van der Waals surface area (Å²) < 4.78 is 22.1. The first-order chi connectivity index (χ1) is 9.93. The molecule has 0 saturated heterocycles. The Morgan fingerprint density at radius 3 is 2.76 bits per heavy atom. The Hall–Kier alpha value is -1.47. The van der Waals surface area contributed by atoms with Crippen LogP contribution in [0.2, 0.25) is 0 Å². The molecule has 2 aromatic rings. The molecule has 1 heterocycles. The Morgan fingerprint density at radius 1 is 1.52 bits per heavy atom. The number of benzene rings is 1. The average molecular weight is 372 g/mol. The molecule has 0 atom stereocenters. The first-order valence-corrected chi connectivity index (χ1v) is 7.56. The number of hydrogen-bond acceptors (Lipinski definition) is 3. The van der Waals surface area contributed by atoms with Crippen LogP contribution in [0, 0.1) is 5.82 Å². The van der Waals surface area contributed by atoms with Crippen LogP contribution >= 0.6 is 28.1 Å². The number of thiocarbonyl (C=S) groups is 1. The van der Waals surface area contributed by atoms with Gasteiger partial charge < -0.3 is 10.5 Å². The highest BCUT2D eigenvalue weighted by Crippen LogP contribution is 2.24. The smallest absolute Gasteiger partial charge is 0.165 e. The predicted octanol–water partition coefficient (Wildman–Crippen LogP) is 3.10. The van der Waals surface area contributed by atoms with Gasteiger partial charge in [0, 0.05) is 12.6 Å². The second-order valence-electron chi connectivity index (χ2n) is 4.48. The first-order valence-electron chi connectivity index (χ1n) is 6.36. The third kappa shape index (κ3) is 3.41. The van der Waals surface area contributed by atoms with E-state index in [-0.39, 0.29) is 17.3 Å². The maximum absolute atomic E-state index is 13.9. The van der Waals surface area contributed by atoms with Gasteiger partial charge in [-0.3, -0.25) is 4.68 Å². The molecule has 2 N–H and O–H groups in total. The fourth-order valence-corrected chi connectivity index (χ4v) is 2.75. The van der Waals surface area contributed by atoms with Crippen molar-refractivity contribution in [2.75, 3.05) is 0 Å². The quantitative estimate of drug-likeness (QED) is 0.820. The van der Waals surface area contributed by atoms with Crippen molar-refractivity contribution in [3.8, 4) is 5.75 Å². The van der Waals surface area contributed by atoms with Gasteiger partial charge in [0.2, 0.25) is 0 Å². The number of hydrogen-bond donors (Lipinski definition) is 1. The SMILES string of the molecule is CCc1nn(C)c(COc2ccc(C(N)=S)cc2F)c1Br. The second-order valence-corrected chi connectivity index (χ2v) is 5.72. The molecule has 0 fully saturated rings. The first kappa shape index (κ1) is 15.9. The van der Waals surface area contributed by atoms with Gasteiger partial charge in [-0.2, -0.15) is 5.10 Å². The molecule has 0 spiro atoms. The Balaban J connectivity index is 2.17. The monoisotopic (exact) mass is 371 g/mol. The molecule has 0 aliphatic heterocycles. The van der Waals surface area contributed by atoms with E-state index in [1.54, 1.807) is 10.7 Å². The summed E-state index contributed by atoms with van der Waals surface area (Å²) in [7, 11) is 1.83. The summed E-state index contributed by atoms with van der Waals surface area (Å²) >= 11 is 8.30. The van der Waals surface area contributed by atoms with Crippen LogP contribution in [-0.2, 0) is 20.1 Å². The van der Waals surface area contributed by atoms with Crippen LogP contribution in [0.25, 0.3) is 0 Å². The molecule has 0 saturated carbocycles. The number of rotatable bonds is 5. The fraction of sp³-hybridized carbons (Fsp3) is 0.286. The van der Waals surface area contributed by atoms with Crippen molar-refractivity contribution in [2.45, 2.75) is 20.0 Å². The Labute approximate surface area is 136 Å². The number of aryl methyl sites for hydroxylation is 2. The highest BCUT2D eigenvalue weighted by molar-refractivity contribution is 9.10. The highest BCUT2D eigenvalue weighted by Gasteiger charge is 2.14. The van der Waals surface area contributed by atoms with Gasteiger partial charge in [-0.05, 0) is 40.5 Å². The standard InChI is InChI=1S/C14H15BrFN3OS/c1-3-10-13(15)11(19(2)18-10)7-20-12-5-4-8(14(17)21)6-9(12)16/h4-6H,3,7H2,1-2H3,(H2,17,21). The van der Waals surface area contributed by atoms with E-state index < -0.39 is 5.82 Å². The van der Waals surface area contributed by atoms with Crippen LogP contribution in [0.4, 0.5) is 4.39 Å². The topological polar surface area (TPSA) is 53.1 Å². The minimum absolute atomic E-state index is 0.154. The van der Waals surface area contributed by atoms with Crippen molar-refractivity contribution in [1.82, 2.24) is 9.78 Å². The second kappa shape index (κ2) is 6.53. The van der Waals surface area contributed by atoms with Crippen LogP contribution < -0.4 is 10.5 Å². The number of nitrogens with zero attached hydrogens (tertiary/aromatic N) is 2. The fourth-order valence-electron chi connectivity index (χ4n) is 1.89. The van der Waals surface area contributed by atoms with Gasteiger partial charge in [0.25, 0.3) is 0 Å². The van der Waals surface area contributed by atoms with Crippen LogP contribution in [0.15, 0.2) is 22.7 Å². The van der Waals surface area contributed by atoms with Crippen molar-refractivity contribution in [3.05, 3.63) is 45.4 Å². The largest absolute Gasteiger partial charge is 0.484 e. The zero-order valence-corrected chi connectivity index (χ0v) is 14.1. The van der Waals surface area contributed by atoms with Crippen molar-refractivity contribution < 1.29 is 9.13 Å². The van der Waals surface area contributed by atoms with E-state index in [1.807, 2.05) is 14.0 Å². The van der Waals surface area contributed by atoms with Crippen molar-refractivity contribution in [3.63, 3.8) is 0 Å². The minimum atomic E-state index is -0.491. The number of aromatic nitrogens is 2. The highest BCUT2D eigenvalue weighted by atomic mass is 79.9. The molecule has 21 heavy (non-hydrogen) atoms. The molecule has 0 bridgehead atoms. The lowest BCUT2D eigenvalue weighted by molar-refractivity contribution is 0.279. The summed E-state index contributed by atoms with van der Waals surface area (Å²) in [6.45, 7) is 2.24. The van der Waals surface area contributed by atoms with Crippen LogP contribution in [0.1, 0.15) is 23.9 Å². The lowest BCUT2D eigenvalue weighted by Crippen LogP contribution is -2.10. The normalized spacial score (nSPS) is 10.7.